The number of carbonyl (C=O) groups excluding carboxylic acids is 1. The van der Waals surface area contributed by atoms with Crippen LogP contribution in [0.2, 0.25) is 5.02 Å². The molecule has 1 fully saturated rings. The zero-order valence-electron chi connectivity index (χ0n) is 20.7. The van der Waals surface area contributed by atoms with Crippen LogP contribution in [0.4, 0.5) is 15.8 Å². The van der Waals surface area contributed by atoms with Crippen molar-refractivity contribution in [2.45, 2.75) is 18.8 Å². The molecule has 38 heavy (non-hydrogen) atoms. The first-order valence-electron chi connectivity index (χ1n) is 12.2. The first-order valence-corrected chi connectivity index (χ1v) is 13.4. The number of likely N-dealkylation sites (tertiary alicyclic amines) is 1. The van der Waals surface area contributed by atoms with E-state index in [0.29, 0.717) is 18.8 Å². The summed E-state index contributed by atoms with van der Waals surface area (Å²) in [7, 11) is 1.52. The highest BCUT2D eigenvalue weighted by atomic mass is 35.5. The van der Waals surface area contributed by atoms with Crippen molar-refractivity contribution in [1.29, 1.82) is 0 Å². The molecule has 0 radical (unpaired) electrons. The number of hydrogen-bond donors (Lipinski definition) is 1. The van der Waals surface area contributed by atoms with Gasteiger partial charge < -0.3 is 19.8 Å². The molecule has 1 N–H and O–H groups in total. The zero-order chi connectivity index (χ0) is 26.6. The van der Waals surface area contributed by atoms with E-state index >= 15 is 0 Å². The van der Waals surface area contributed by atoms with Gasteiger partial charge in [-0.1, -0.05) is 23.7 Å². The predicted octanol–water partition coefficient (Wildman–Crippen LogP) is 5.09. The maximum atomic E-state index is 13.8. The number of thiazole rings is 1. The van der Waals surface area contributed by atoms with Crippen LogP contribution in [-0.4, -0.2) is 53.9 Å². The van der Waals surface area contributed by atoms with Gasteiger partial charge in [0.2, 0.25) is 0 Å². The minimum absolute atomic E-state index is 0.108. The summed E-state index contributed by atoms with van der Waals surface area (Å²) in [6.45, 7) is 1.38. The molecule has 0 bridgehead atoms. The minimum Gasteiger partial charge on any atom is -0.408 e. The first-order chi connectivity index (χ1) is 18.4. The fourth-order valence-corrected chi connectivity index (χ4v) is 5.45. The van der Waals surface area contributed by atoms with Crippen LogP contribution in [0.15, 0.2) is 59.0 Å². The van der Waals surface area contributed by atoms with Crippen molar-refractivity contribution in [3.05, 3.63) is 86.5 Å². The lowest BCUT2D eigenvalue weighted by Crippen LogP contribution is -2.39. The van der Waals surface area contributed by atoms with E-state index in [1.54, 1.807) is 22.5 Å². The Balaban J connectivity index is 1.43. The summed E-state index contributed by atoms with van der Waals surface area (Å²) >= 11 is 8.06. The molecule has 0 saturated carbocycles. The predicted molar refractivity (Wildman–Crippen MR) is 146 cm³/mol. The second-order valence-electron chi connectivity index (χ2n) is 8.97. The number of pyridine rings is 1. The number of hydrogen-bond acceptors (Lipinski definition) is 7. The maximum Gasteiger partial charge on any atom is 0.303 e. The molecule has 8 nitrogen and oxygen atoms in total. The smallest absolute Gasteiger partial charge is 0.303 e. The van der Waals surface area contributed by atoms with Crippen LogP contribution in [0.3, 0.4) is 0 Å². The third kappa shape index (κ3) is 5.52. The lowest BCUT2D eigenvalue weighted by molar-refractivity contribution is 0.0512. The van der Waals surface area contributed by atoms with Crippen molar-refractivity contribution in [3.8, 4) is 0 Å². The van der Waals surface area contributed by atoms with E-state index in [0.717, 1.165) is 33.4 Å². The molecule has 1 aliphatic heterocycles. The molecule has 2 aromatic carbocycles. The normalized spacial score (nSPS) is 14.1. The summed E-state index contributed by atoms with van der Waals surface area (Å²) in [6.07, 6.45) is 2.85. The number of piperidine rings is 1. The fourth-order valence-electron chi connectivity index (χ4n) is 4.56. The molecule has 3 heterocycles. The van der Waals surface area contributed by atoms with Crippen LogP contribution in [0.5, 0.6) is 0 Å². The lowest BCUT2D eigenvalue weighted by Gasteiger charge is -2.33. The highest BCUT2D eigenvalue weighted by molar-refractivity contribution is 7.16. The number of carbonyl (C=O) groups is 1. The van der Waals surface area contributed by atoms with Crippen LogP contribution in [0, 0.1) is 5.82 Å². The van der Waals surface area contributed by atoms with Gasteiger partial charge in [0.1, 0.15) is 17.4 Å². The van der Waals surface area contributed by atoms with Crippen molar-refractivity contribution in [2.75, 3.05) is 38.7 Å². The second kappa shape index (κ2) is 11.5. The summed E-state index contributed by atoms with van der Waals surface area (Å²) in [6, 6.07) is 12.1. The van der Waals surface area contributed by atoms with Crippen molar-refractivity contribution in [3.63, 3.8) is 0 Å². The van der Waals surface area contributed by atoms with Gasteiger partial charge in [-0.25, -0.2) is 9.37 Å². The van der Waals surface area contributed by atoms with Crippen molar-refractivity contribution in [2.24, 2.45) is 0 Å². The highest BCUT2D eigenvalue weighted by Crippen LogP contribution is 2.33. The highest BCUT2D eigenvalue weighted by Gasteiger charge is 2.28. The van der Waals surface area contributed by atoms with E-state index in [4.69, 9.17) is 21.2 Å². The Morgan fingerprint density at radius 3 is 2.68 bits per heavy atom. The number of aromatic nitrogens is 2. The number of nitrogens with zero attached hydrogens (tertiary/aromatic N) is 3. The fraction of sp³-hybridized carbons (Fsp3) is 0.296. The van der Waals surface area contributed by atoms with E-state index in [1.165, 1.54) is 36.8 Å². The molecule has 2 aromatic heterocycles. The van der Waals surface area contributed by atoms with E-state index in [1.807, 2.05) is 18.2 Å². The summed E-state index contributed by atoms with van der Waals surface area (Å²) < 4.78 is 20.3. The molecule has 0 spiro atoms. The average Bonchev–Trinajstić information content (AvgIpc) is 3.41. The number of rotatable bonds is 8. The summed E-state index contributed by atoms with van der Waals surface area (Å²) in [5.41, 5.74) is 4.09. The van der Waals surface area contributed by atoms with Crippen molar-refractivity contribution < 1.29 is 18.8 Å². The Hall–Kier alpha value is -3.47. The molecule has 1 amide bonds. The number of ether oxygens (including phenoxy) is 1. The van der Waals surface area contributed by atoms with Crippen LogP contribution in [0.25, 0.3) is 10.2 Å². The van der Waals surface area contributed by atoms with Crippen molar-refractivity contribution >= 4 is 50.4 Å². The topological polar surface area (TPSA) is 85.7 Å². The van der Waals surface area contributed by atoms with E-state index < -0.39 is 5.56 Å². The van der Waals surface area contributed by atoms with Crippen LogP contribution >= 0.6 is 22.9 Å². The Morgan fingerprint density at radius 1 is 1.18 bits per heavy atom. The molecule has 0 unspecified atom stereocenters. The zero-order valence-corrected chi connectivity index (χ0v) is 22.2. The summed E-state index contributed by atoms with van der Waals surface area (Å²) in [4.78, 5) is 38.4. The standard InChI is InChI=1S/C27H26ClFN4O4S/c1-36-12-13-37-33-15-21(26(34)32-10-8-18(9-11-32)17-2-4-19(29)5-3-17)25(24(28)27(33)35)31-20-6-7-23-22(14-20)30-16-38-23/h2-7,14-16,18,31H,8-13H2,1H3. The molecule has 1 aliphatic rings. The second-order valence-corrected chi connectivity index (χ2v) is 10.2. The van der Waals surface area contributed by atoms with Gasteiger partial charge in [0.25, 0.3) is 5.91 Å². The van der Waals surface area contributed by atoms with Crippen molar-refractivity contribution in [1.82, 2.24) is 14.6 Å². The number of amides is 1. The van der Waals surface area contributed by atoms with Gasteiger partial charge in [-0.3, -0.25) is 9.59 Å². The number of benzene rings is 2. The minimum atomic E-state index is -0.591. The molecule has 0 atom stereocenters. The van der Waals surface area contributed by atoms with E-state index in [9.17, 15) is 14.0 Å². The van der Waals surface area contributed by atoms with Gasteiger partial charge in [-0.2, -0.15) is 4.73 Å². The Bertz CT molecular complexity index is 1500. The average molecular weight is 557 g/mol. The summed E-state index contributed by atoms with van der Waals surface area (Å²) in [5.74, 6) is -0.308. The molecule has 198 valence electrons. The van der Waals surface area contributed by atoms with Gasteiger partial charge in [0.15, 0.2) is 0 Å². The number of halogens is 2. The SMILES string of the molecule is COCCOn1cc(C(=O)N2CCC(c3ccc(F)cc3)CC2)c(Nc2ccc3scnc3c2)c(Cl)c1=O. The Morgan fingerprint density at radius 2 is 1.95 bits per heavy atom. The number of fused-ring (bicyclic) bond motifs is 1. The van der Waals surface area contributed by atoms with E-state index in [2.05, 4.69) is 10.3 Å². The largest absolute Gasteiger partial charge is 0.408 e. The molecule has 5 rings (SSSR count). The van der Waals surface area contributed by atoms with Crippen LogP contribution in [0.1, 0.15) is 34.7 Å². The van der Waals surface area contributed by atoms with Gasteiger partial charge in [-0.15, -0.1) is 11.3 Å². The molecule has 11 heteroatoms. The molecular formula is C27H26ClFN4O4S. The molecule has 4 aromatic rings. The van der Waals surface area contributed by atoms with Gasteiger partial charge in [0.05, 0.1) is 39.8 Å². The molecular weight excluding hydrogens is 531 g/mol. The van der Waals surface area contributed by atoms with Gasteiger partial charge >= 0.3 is 5.56 Å². The van der Waals surface area contributed by atoms with Crippen LogP contribution in [-0.2, 0) is 4.74 Å². The number of nitrogens with one attached hydrogen (secondary N) is 1. The molecule has 1 saturated heterocycles. The van der Waals surface area contributed by atoms with E-state index in [-0.39, 0.29) is 47.1 Å². The lowest BCUT2D eigenvalue weighted by atomic mass is 9.89. The monoisotopic (exact) mass is 556 g/mol. The maximum absolute atomic E-state index is 13.8. The van der Waals surface area contributed by atoms with Gasteiger partial charge in [0, 0.05) is 25.9 Å². The van der Waals surface area contributed by atoms with Crippen LogP contribution < -0.4 is 15.7 Å². The molecule has 0 aliphatic carbocycles. The number of methoxy groups -OCH3 is 1. The Kier molecular flexibility index (Phi) is 7.92. The first kappa shape index (κ1) is 26.1. The van der Waals surface area contributed by atoms with Gasteiger partial charge in [-0.05, 0) is 54.7 Å². The summed E-state index contributed by atoms with van der Waals surface area (Å²) in [5, 5.41) is 3.01. The Labute approximate surface area is 227 Å². The third-order valence-corrected chi connectivity index (χ3v) is 7.76. The quantitative estimate of drug-likeness (QED) is 0.304. The number of anilines is 2. The third-order valence-electron chi connectivity index (χ3n) is 6.59.